The van der Waals surface area contributed by atoms with E-state index in [9.17, 15) is 9.50 Å². The largest absolute Gasteiger partial charge is 0.508 e. The van der Waals surface area contributed by atoms with Crippen molar-refractivity contribution in [1.29, 1.82) is 0 Å². The topological polar surface area (TPSA) is 72.3 Å². The number of benzene rings is 1. The van der Waals surface area contributed by atoms with Gasteiger partial charge in [0, 0.05) is 11.6 Å². The van der Waals surface area contributed by atoms with Crippen molar-refractivity contribution in [3.8, 4) is 5.75 Å². The summed E-state index contributed by atoms with van der Waals surface area (Å²) in [5.74, 6) is -0.350. The van der Waals surface area contributed by atoms with Gasteiger partial charge in [0.1, 0.15) is 11.6 Å². The molecule has 0 aliphatic heterocycles. The first-order valence-corrected chi connectivity index (χ1v) is 4.59. The monoisotopic (exact) mass is 234 g/mol. The van der Waals surface area contributed by atoms with Crippen LogP contribution in [0, 0.1) is 5.82 Å². The van der Waals surface area contributed by atoms with Crippen molar-refractivity contribution >= 4 is 12.4 Å². The van der Waals surface area contributed by atoms with Crippen molar-refractivity contribution in [1.82, 2.24) is 0 Å². The zero-order chi connectivity index (χ0) is 10.6. The summed E-state index contributed by atoms with van der Waals surface area (Å²) in [5.41, 5.74) is 11.5. The van der Waals surface area contributed by atoms with Crippen molar-refractivity contribution in [2.45, 2.75) is 18.9 Å². The zero-order valence-corrected chi connectivity index (χ0v) is 9.14. The van der Waals surface area contributed by atoms with Crippen molar-refractivity contribution in [3.05, 3.63) is 29.6 Å². The number of halogens is 2. The third-order valence-corrected chi connectivity index (χ3v) is 2.11. The Bertz CT molecular complexity index is 309. The van der Waals surface area contributed by atoms with Crippen LogP contribution in [0.3, 0.4) is 0 Å². The van der Waals surface area contributed by atoms with Crippen LogP contribution in [0.1, 0.15) is 24.4 Å². The van der Waals surface area contributed by atoms with Gasteiger partial charge in [0.25, 0.3) is 0 Å². The lowest BCUT2D eigenvalue weighted by Gasteiger charge is -2.12. The lowest BCUT2D eigenvalue weighted by atomic mass is 10.0. The second-order valence-electron chi connectivity index (χ2n) is 3.24. The van der Waals surface area contributed by atoms with E-state index < -0.39 is 0 Å². The zero-order valence-electron chi connectivity index (χ0n) is 8.32. The summed E-state index contributed by atoms with van der Waals surface area (Å²) in [7, 11) is 0. The van der Waals surface area contributed by atoms with Gasteiger partial charge >= 0.3 is 0 Å². The van der Waals surface area contributed by atoms with Crippen LogP contribution in [0.2, 0.25) is 0 Å². The molecule has 0 aliphatic carbocycles. The first-order valence-electron chi connectivity index (χ1n) is 4.59. The molecule has 0 spiro atoms. The Balaban J connectivity index is 0.00000196. The van der Waals surface area contributed by atoms with Crippen LogP contribution >= 0.6 is 12.4 Å². The Morgan fingerprint density at radius 2 is 2.07 bits per heavy atom. The average Bonchev–Trinajstić information content (AvgIpc) is 2.18. The van der Waals surface area contributed by atoms with E-state index in [1.807, 2.05) is 0 Å². The molecule has 1 atom stereocenters. The summed E-state index contributed by atoms with van der Waals surface area (Å²) >= 11 is 0. The van der Waals surface area contributed by atoms with E-state index >= 15 is 0 Å². The summed E-state index contributed by atoms with van der Waals surface area (Å²) < 4.78 is 12.8. The number of hydrogen-bond donors (Lipinski definition) is 3. The molecule has 0 aliphatic rings. The Labute approximate surface area is 94.7 Å². The SMILES string of the molecule is Cl.NCCC[C@H](N)c1cc(F)ccc1O. The molecule has 0 aromatic heterocycles. The molecule has 5 heteroatoms. The summed E-state index contributed by atoms with van der Waals surface area (Å²) in [6.07, 6.45) is 1.41. The van der Waals surface area contributed by atoms with E-state index in [1.165, 1.54) is 18.2 Å². The molecule has 0 saturated carbocycles. The Kier molecular flexibility index (Phi) is 6.24. The fourth-order valence-corrected chi connectivity index (χ4v) is 1.32. The molecule has 5 N–H and O–H groups in total. The van der Waals surface area contributed by atoms with E-state index in [2.05, 4.69) is 0 Å². The maximum Gasteiger partial charge on any atom is 0.123 e. The van der Waals surface area contributed by atoms with Gasteiger partial charge in [0.05, 0.1) is 0 Å². The van der Waals surface area contributed by atoms with Crippen molar-refractivity contribution in [3.63, 3.8) is 0 Å². The van der Waals surface area contributed by atoms with E-state index in [1.54, 1.807) is 0 Å². The van der Waals surface area contributed by atoms with Gasteiger partial charge in [0.2, 0.25) is 0 Å². The molecule has 1 rings (SSSR count). The summed E-state index contributed by atoms with van der Waals surface area (Å²) in [4.78, 5) is 0. The number of rotatable bonds is 4. The van der Waals surface area contributed by atoms with Gasteiger partial charge in [-0.15, -0.1) is 12.4 Å². The molecular weight excluding hydrogens is 219 g/mol. The third kappa shape index (κ3) is 4.03. The van der Waals surface area contributed by atoms with Gasteiger partial charge < -0.3 is 16.6 Å². The van der Waals surface area contributed by atoms with Crippen LogP contribution in [0.25, 0.3) is 0 Å². The van der Waals surface area contributed by atoms with Crippen molar-refractivity contribution in [2.75, 3.05) is 6.54 Å². The molecule has 1 aromatic carbocycles. The highest BCUT2D eigenvalue weighted by molar-refractivity contribution is 5.85. The van der Waals surface area contributed by atoms with Crippen LogP contribution < -0.4 is 11.5 Å². The molecule has 0 bridgehead atoms. The molecule has 0 heterocycles. The smallest absolute Gasteiger partial charge is 0.123 e. The fraction of sp³-hybridized carbons (Fsp3) is 0.400. The summed E-state index contributed by atoms with van der Waals surface area (Å²) in [6, 6.07) is 3.42. The predicted molar refractivity (Wildman–Crippen MR) is 60.5 cm³/mol. The average molecular weight is 235 g/mol. The second kappa shape index (κ2) is 6.61. The van der Waals surface area contributed by atoms with Crippen molar-refractivity contribution < 1.29 is 9.50 Å². The molecule has 86 valence electrons. The minimum absolute atomic E-state index is 0. The van der Waals surface area contributed by atoms with Crippen LogP contribution in [-0.2, 0) is 0 Å². The lowest BCUT2D eigenvalue weighted by molar-refractivity contribution is 0.454. The molecule has 15 heavy (non-hydrogen) atoms. The minimum Gasteiger partial charge on any atom is -0.508 e. The summed E-state index contributed by atoms with van der Waals surface area (Å²) in [5, 5.41) is 9.43. The first kappa shape index (κ1) is 14.2. The lowest BCUT2D eigenvalue weighted by Crippen LogP contribution is -2.12. The number of aromatic hydroxyl groups is 1. The fourth-order valence-electron chi connectivity index (χ4n) is 1.32. The summed E-state index contributed by atoms with van der Waals surface area (Å²) in [6.45, 7) is 0.545. The molecule has 1 aromatic rings. The molecule has 0 fully saturated rings. The van der Waals surface area contributed by atoms with Gasteiger partial charge in [0.15, 0.2) is 0 Å². The highest BCUT2D eigenvalue weighted by Gasteiger charge is 2.11. The third-order valence-electron chi connectivity index (χ3n) is 2.11. The number of hydrogen-bond acceptors (Lipinski definition) is 3. The van der Waals surface area contributed by atoms with Gasteiger partial charge in [-0.3, -0.25) is 0 Å². The Hall–Kier alpha value is -0.840. The molecule has 0 amide bonds. The first-order chi connectivity index (χ1) is 6.65. The molecule has 0 radical (unpaired) electrons. The van der Waals surface area contributed by atoms with Crippen LogP contribution in [0.5, 0.6) is 5.75 Å². The Morgan fingerprint density at radius 3 is 2.67 bits per heavy atom. The van der Waals surface area contributed by atoms with Crippen LogP contribution in [0.4, 0.5) is 4.39 Å². The number of nitrogens with two attached hydrogens (primary N) is 2. The molecule has 0 saturated heterocycles. The van der Waals surface area contributed by atoms with E-state index in [4.69, 9.17) is 11.5 Å². The number of phenols is 1. The normalized spacial score (nSPS) is 11.9. The highest BCUT2D eigenvalue weighted by Crippen LogP contribution is 2.25. The van der Waals surface area contributed by atoms with Crippen LogP contribution in [0.15, 0.2) is 18.2 Å². The van der Waals surface area contributed by atoms with Crippen LogP contribution in [-0.4, -0.2) is 11.7 Å². The van der Waals surface area contributed by atoms with Crippen molar-refractivity contribution in [2.24, 2.45) is 11.5 Å². The van der Waals surface area contributed by atoms with E-state index in [0.717, 1.165) is 6.42 Å². The molecule has 0 unspecified atom stereocenters. The quantitative estimate of drug-likeness (QED) is 0.743. The van der Waals surface area contributed by atoms with E-state index in [-0.39, 0.29) is 30.0 Å². The molecular formula is C10H16ClFN2O. The maximum atomic E-state index is 12.8. The molecule has 3 nitrogen and oxygen atoms in total. The second-order valence-corrected chi connectivity index (χ2v) is 3.24. The van der Waals surface area contributed by atoms with Gasteiger partial charge in [-0.2, -0.15) is 0 Å². The maximum absolute atomic E-state index is 12.8. The standard InChI is InChI=1S/C10H15FN2O.ClH/c11-7-3-4-10(14)8(6-7)9(13)2-1-5-12;/h3-4,6,9,14H,1-2,5,12-13H2;1H/t9-;/m0./s1. The Morgan fingerprint density at radius 1 is 1.40 bits per heavy atom. The predicted octanol–water partition coefficient (Wildman–Crippen LogP) is 1.69. The van der Waals surface area contributed by atoms with Gasteiger partial charge in [-0.1, -0.05) is 0 Å². The van der Waals surface area contributed by atoms with E-state index in [0.29, 0.717) is 18.5 Å². The highest BCUT2D eigenvalue weighted by atomic mass is 35.5. The van der Waals surface area contributed by atoms with Gasteiger partial charge in [-0.05, 0) is 37.6 Å². The van der Waals surface area contributed by atoms with Gasteiger partial charge in [-0.25, -0.2) is 4.39 Å². The number of phenolic OH excluding ortho intramolecular Hbond substituents is 1. The minimum atomic E-state index is -0.388.